The largest absolute Gasteiger partial charge is 0.300 e. The lowest BCUT2D eigenvalue weighted by Gasteiger charge is -2.34. The van der Waals surface area contributed by atoms with E-state index in [2.05, 4.69) is 45.4 Å². The molecule has 2 saturated heterocycles. The highest BCUT2D eigenvalue weighted by atomic mass is 19.1. The van der Waals surface area contributed by atoms with Crippen LogP contribution in [0, 0.1) is 0 Å². The molecule has 2 aliphatic rings. The van der Waals surface area contributed by atoms with Crippen LogP contribution in [0.25, 0.3) is 0 Å². The van der Waals surface area contributed by atoms with Crippen molar-refractivity contribution < 1.29 is 9.23 Å². The summed E-state index contributed by atoms with van der Waals surface area (Å²) < 4.78 is 12.6. The van der Waals surface area contributed by atoms with Crippen LogP contribution < -0.4 is 21.4 Å². The molecule has 0 aliphatic carbocycles. The number of nitrogens with zero attached hydrogens (tertiary/aromatic N) is 1. The summed E-state index contributed by atoms with van der Waals surface area (Å²) in [5.74, 6) is 0. The maximum Gasteiger partial charge on any atom is 0.159 e. The average Bonchev–Trinajstić information content (AvgIpc) is 3.10. The van der Waals surface area contributed by atoms with Gasteiger partial charge in [0.05, 0.1) is 6.17 Å². The van der Waals surface area contributed by atoms with Gasteiger partial charge < -0.3 is 0 Å². The van der Waals surface area contributed by atoms with Crippen molar-refractivity contribution in [2.24, 2.45) is 0 Å². The van der Waals surface area contributed by atoms with Crippen LogP contribution in [0.2, 0.25) is 0 Å². The summed E-state index contributed by atoms with van der Waals surface area (Å²) in [6.45, 7) is 6.87. The Morgan fingerprint density at radius 2 is 2.17 bits per heavy atom. The molecule has 134 valence electrons. The van der Waals surface area contributed by atoms with Gasteiger partial charge in [-0.1, -0.05) is 31.2 Å². The summed E-state index contributed by atoms with van der Waals surface area (Å²) in [5.41, 5.74) is 5.08. The lowest BCUT2D eigenvalue weighted by molar-refractivity contribution is 0.00953. The van der Waals surface area contributed by atoms with Gasteiger partial charge >= 0.3 is 0 Å². The number of halogens is 1. The zero-order chi connectivity index (χ0) is 16.8. The molecule has 3 atom stereocenters. The number of hydroxylamine groups is 1. The van der Waals surface area contributed by atoms with Crippen molar-refractivity contribution in [3.8, 4) is 0 Å². The van der Waals surface area contributed by atoms with Crippen LogP contribution in [0.3, 0.4) is 0 Å². The van der Waals surface area contributed by atoms with Crippen LogP contribution in [0.5, 0.6) is 0 Å². The van der Waals surface area contributed by atoms with Gasteiger partial charge in [0.1, 0.15) is 12.8 Å². The number of piperazine rings is 1. The molecule has 2 fully saturated rings. The number of hydrogen-bond acceptors (Lipinski definition) is 6. The van der Waals surface area contributed by atoms with Crippen molar-refractivity contribution in [3.63, 3.8) is 0 Å². The maximum atomic E-state index is 12.6. The van der Waals surface area contributed by atoms with Crippen molar-refractivity contribution in [1.82, 2.24) is 26.3 Å². The fraction of sp³-hybridized carbons (Fsp3) is 0.647. The number of nitrogens with one attached hydrogen (secondary N) is 4. The first kappa shape index (κ1) is 17.7. The van der Waals surface area contributed by atoms with E-state index in [1.807, 2.05) is 12.1 Å². The minimum atomic E-state index is -0.570. The molecule has 0 aromatic heterocycles. The van der Waals surface area contributed by atoms with Gasteiger partial charge in [0.2, 0.25) is 0 Å². The normalized spacial score (nSPS) is 28.3. The molecule has 0 radical (unpaired) electrons. The molecule has 0 saturated carbocycles. The molecule has 24 heavy (non-hydrogen) atoms. The van der Waals surface area contributed by atoms with Crippen molar-refractivity contribution in [2.75, 3.05) is 32.9 Å². The predicted molar refractivity (Wildman–Crippen MR) is 91.7 cm³/mol. The maximum absolute atomic E-state index is 12.6. The lowest BCUT2D eigenvalue weighted by atomic mass is 10.1. The molecule has 4 N–H and O–H groups in total. The van der Waals surface area contributed by atoms with Crippen LogP contribution >= 0.6 is 0 Å². The van der Waals surface area contributed by atoms with Gasteiger partial charge in [0.15, 0.2) is 6.23 Å². The Bertz CT molecular complexity index is 498. The first-order valence-corrected chi connectivity index (χ1v) is 8.79. The number of benzene rings is 1. The highest BCUT2D eigenvalue weighted by molar-refractivity contribution is 5.25. The molecule has 2 heterocycles. The Hall–Kier alpha value is -1.09. The number of alkyl halides is 1. The fourth-order valence-corrected chi connectivity index (χ4v) is 3.18. The Morgan fingerprint density at radius 1 is 1.33 bits per heavy atom. The van der Waals surface area contributed by atoms with Crippen LogP contribution in [0.15, 0.2) is 24.3 Å². The van der Waals surface area contributed by atoms with E-state index in [0.717, 1.165) is 38.3 Å². The van der Waals surface area contributed by atoms with E-state index in [4.69, 9.17) is 4.84 Å². The van der Waals surface area contributed by atoms with Crippen molar-refractivity contribution in [1.29, 1.82) is 0 Å². The molecule has 0 spiro atoms. The quantitative estimate of drug-likeness (QED) is 0.591. The van der Waals surface area contributed by atoms with Crippen molar-refractivity contribution in [3.05, 3.63) is 35.4 Å². The summed E-state index contributed by atoms with van der Waals surface area (Å²) in [5, 5.41) is 10.1. The van der Waals surface area contributed by atoms with Crippen LogP contribution in [0.1, 0.15) is 30.6 Å². The SMILES string of the molecule is CCCN1CCNC(NCc2ccc(C3NOC(CF)N3)cc2)C1. The zero-order valence-electron chi connectivity index (χ0n) is 14.2. The molecule has 7 heteroatoms. The Morgan fingerprint density at radius 3 is 2.88 bits per heavy atom. The molecule has 3 rings (SSSR count). The zero-order valence-corrected chi connectivity index (χ0v) is 14.2. The Labute approximate surface area is 143 Å². The minimum Gasteiger partial charge on any atom is -0.300 e. The summed E-state index contributed by atoms with van der Waals surface area (Å²) in [6.07, 6.45) is 0.807. The standard InChI is InChI=1S/C17H28FN5O/c1-2-8-23-9-7-19-15(12-23)20-11-13-3-5-14(6-4-13)17-21-16(10-18)24-22-17/h3-6,15-17,19-22H,2,7-12H2,1H3. The second-order valence-corrected chi connectivity index (χ2v) is 6.41. The monoisotopic (exact) mass is 337 g/mol. The summed E-state index contributed by atoms with van der Waals surface area (Å²) in [6, 6.07) is 8.29. The molecule has 1 aromatic rings. The summed E-state index contributed by atoms with van der Waals surface area (Å²) in [7, 11) is 0. The third-order valence-corrected chi connectivity index (χ3v) is 4.49. The molecular formula is C17H28FN5O. The summed E-state index contributed by atoms with van der Waals surface area (Å²) in [4.78, 5) is 7.59. The van der Waals surface area contributed by atoms with E-state index in [9.17, 15) is 4.39 Å². The Balaban J connectivity index is 1.46. The minimum absolute atomic E-state index is 0.157. The average molecular weight is 337 g/mol. The second-order valence-electron chi connectivity index (χ2n) is 6.41. The third kappa shape index (κ3) is 4.72. The topological polar surface area (TPSA) is 60.6 Å². The van der Waals surface area contributed by atoms with Crippen molar-refractivity contribution >= 4 is 0 Å². The molecule has 3 unspecified atom stereocenters. The smallest absolute Gasteiger partial charge is 0.159 e. The van der Waals surface area contributed by atoms with Gasteiger partial charge in [-0.25, -0.2) is 4.39 Å². The van der Waals surface area contributed by atoms with Gasteiger partial charge in [-0.3, -0.25) is 25.7 Å². The van der Waals surface area contributed by atoms with Gasteiger partial charge in [-0.05, 0) is 24.1 Å². The third-order valence-electron chi connectivity index (χ3n) is 4.49. The first-order chi connectivity index (χ1) is 11.8. The molecule has 0 bridgehead atoms. The van der Waals surface area contributed by atoms with E-state index < -0.39 is 12.9 Å². The number of rotatable bonds is 7. The van der Waals surface area contributed by atoms with Crippen molar-refractivity contribution in [2.45, 2.75) is 38.4 Å². The van der Waals surface area contributed by atoms with Crippen LogP contribution in [0.4, 0.5) is 4.39 Å². The van der Waals surface area contributed by atoms with Gasteiger partial charge in [0, 0.05) is 26.2 Å². The van der Waals surface area contributed by atoms with E-state index in [-0.39, 0.29) is 6.17 Å². The molecular weight excluding hydrogens is 309 g/mol. The molecule has 0 amide bonds. The van der Waals surface area contributed by atoms with Crippen LogP contribution in [-0.2, 0) is 11.4 Å². The molecule has 1 aromatic carbocycles. The lowest BCUT2D eigenvalue weighted by Crippen LogP contribution is -2.56. The predicted octanol–water partition coefficient (Wildman–Crippen LogP) is 0.836. The summed E-state index contributed by atoms with van der Waals surface area (Å²) >= 11 is 0. The second kappa shape index (κ2) is 8.84. The van der Waals surface area contributed by atoms with Crippen LogP contribution in [-0.4, -0.2) is 50.1 Å². The molecule has 6 nitrogen and oxygen atoms in total. The van der Waals surface area contributed by atoms with E-state index in [0.29, 0.717) is 6.17 Å². The van der Waals surface area contributed by atoms with Gasteiger partial charge in [-0.15, -0.1) is 0 Å². The van der Waals surface area contributed by atoms with E-state index in [1.54, 1.807) is 0 Å². The van der Waals surface area contributed by atoms with E-state index >= 15 is 0 Å². The van der Waals surface area contributed by atoms with Gasteiger partial charge in [0.25, 0.3) is 0 Å². The van der Waals surface area contributed by atoms with E-state index in [1.165, 1.54) is 12.0 Å². The molecule has 2 aliphatic heterocycles. The first-order valence-electron chi connectivity index (χ1n) is 8.79. The number of hydrogen-bond donors (Lipinski definition) is 4. The Kier molecular flexibility index (Phi) is 6.53. The highest BCUT2D eigenvalue weighted by Gasteiger charge is 2.25. The highest BCUT2D eigenvalue weighted by Crippen LogP contribution is 2.17. The van der Waals surface area contributed by atoms with Gasteiger partial charge in [-0.2, -0.15) is 5.48 Å². The fourth-order valence-electron chi connectivity index (χ4n) is 3.18.